The highest BCUT2D eigenvalue weighted by molar-refractivity contribution is 7.88. The Morgan fingerprint density at radius 3 is 2.86 bits per heavy atom. The fraction of sp³-hybridized carbons (Fsp3) is 0.429. The highest BCUT2D eigenvalue weighted by Crippen LogP contribution is 2.25. The van der Waals surface area contributed by atoms with E-state index in [1.165, 1.54) is 18.2 Å². The lowest BCUT2D eigenvalue weighted by molar-refractivity contribution is 0.0696. The van der Waals surface area contributed by atoms with Gasteiger partial charge in [0.25, 0.3) is 0 Å². The Kier molecular flexibility index (Phi) is 4.60. The summed E-state index contributed by atoms with van der Waals surface area (Å²) in [5.74, 6) is -1.67. The molecule has 0 heterocycles. The van der Waals surface area contributed by atoms with Crippen molar-refractivity contribution >= 4 is 16.0 Å². The summed E-state index contributed by atoms with van der Waals surface area (Å²) in [7, 11) is -3.60. The third kappa shape index (κ3) is 4.03. The lowest BCUT2D eigenvalue weighted by Crippen LogP contribution is -2.37. The molecule has 0 aromatic heterocycles. The molecule has 0 spiro atoms. The van der Waals surface area contributed by atoms with Gasteiger partial charge in [-0.2, -0.15) is 5.26 Å². The molecule has 1 aliphatic carbocycles. The molecule has 112 valence electrons. The molecule has 2 N–H and O–H groups in total. The highest BCUT2D eigenvalue weighted by Gasteiger charge is 2.30. The van der Waals surface area contributed by atoms with Crippen LogP contribution in [-0.4, -0.2) is 25.5 Å². The number of benzene rings is 1. The van der Waals surface area contributed by atoms with Crippen LogP contribution in [-0.2, 0) is 15.8 Å². The molecule has 2 rings (SSSR count). The number of carboxylic acids is 1. The van der Waals surface area contributed by atoms with Crippen molar-refractivity contribution in [1.29, 1.82) is 5.26 Å². The second kappa shape index (κ2) is 6.24. The molecule has 1 aromatic carbocycles. The van der Waals surface area contributed by atoms with E-state index in [1.807, 2.05) is 0 Å². The zero-order valence-electron chi connectivity index (χ0n) is 11.3. The van der Waals surface area contributed by atoms with E-state index in [-0.39, 0.29) is 23.3 Å². The van der Waals surface area contributed by atoms with E-state index in [4.69, 9.17) is 10.4 Å². The zero-order chi connectivity index (χ0) is 15.5. The summed E-state index contributed by atoms with van der Waals surface area (Å²) < 4.78 is 26.8. The second-order valence-corrected chi connectivity index (χ2v) is 6.91. The molecule has 1 aliphatic rings. The molecule has 1 aromatic rings. The molecule has 0 bridgehead atoms. The number of carboxylic acid groups (broad SMARTS) is 1. The lowest BCUT2D eigenvalue weighted by Gasteiger charge is -2.15. The molecular formula is C14H16N2O4S. The maximum absolute atomic E-state index is 12.1. The van der Waals surface area contributed by atoms with Gasteiger partial charge in [-0.3, -0.25) is 0 Å². The summed E-state index contributed by atoms with van der Waals surface area (Å²) in [5.41, 5.74) is 0.465. The number of hydrogen-bond donors (Lipinski definition) is 2. The van der Waals surface area contributed by atoms with E-state index >= 15 is 0 Å². The van der Waals surface area contributed by atoms with E-state index in [0.717, 1.165) is 6.42 Å². The minimum atomic E-state index is -3.60. The molecule has 2 atom stereocenters. The van der Waals surface area contributed by atoms with Crippen molar-refractivity contribution in [2.45, 2.75) is 31.1 Å². The smallest absolute Gasteiger partial charge is 0.335 e. The van der Waals surface area contributed by atoms with Crippen LogP contribution >= 0.6 is 0 Å². The van der Waals surface area contributed by atoms with E-state index in [2.05, 4.69) is 10.8 Å². The monoisotopic (exact) mass is 308 g/mol. The fourth-order valence-electron chi connectivity index (χ4n) is 2.54. The minimum absolute atomic E-state index is 0.0541. The van der Waals surface area contributed by atoms with Gasteiger partial charge in [-0.25, -0.2) is 17.9 Å². The van der Waals surface area contributed by atoms with Crippen LogP contribution in [0.1, 0.15) is 35.2 Å². The molecule has 0 radical (unpaired) electrons. The first-order chi connectivity index (χ1) is 9.91. The van der Waals surface area contributed by atoms with Gasteiger partial charge in [0, 0.05) is 6.04 Å². The van der Waals surface area contributed by atoms with E-state index in [9.17, 15) is 13.2 Å². The van der Waals surface area contributed by atoms with Gasteiger partial charge in [-0.15, -0.1) is 0 Å². The fourth-order valence-corrected chi connectivity index (χ4v) is 3.99. The van der Waals surface area contributed by atoms with Gasteiger partial charge in [0.2, 0.25) is 10.0 Å². The van der Waals surface area contributed by atoms with Crippen LogP contribution in [0.25, 0.3) is 0 Å². The van der Waals surface area contributed by atoms with E-state index in [0.29, 0.717) is 18.4 Å². The summed E-state index contributed by atoms with van der Waals surface area (Å²) in [5, 5.41) is 17.9. The maximum Gasteiger partial charge on any atom is 0.335 e. The van der Waals surface area contributed by atoms with Crippen LogP contribution in [0.2, 0.25) is 0 Å². The molecule has 1 saturated carbocycles. The predicted octanol–water partition coefficient (Wildman–Crippen LogP) is 1.50. The number of nitrogens with one attached hydrogen (secondary N) is 1. The van der Waals surface area contributed by atoms with Gasteiger partial charge in [-0.05, 0) is 30.5 Å². The van der Waals surface area contributed by atoms with Crippen molar-refractivity contribution in [2.24, 2.45) is 5.92 Å². The molecule has 21 heavy (non-hydrogen) atoms. The summed E-state index contributed by atoms with van der Waals surface area (Å²) in [6.07, 6.45) is 2.20. The van der Waals surface area contributed by atoms with Gasteiger partial charge < -0.3 is 5.11 Å². The van der Waals surface area contributed by atoms with E-state index in [1.54, 1.807) is 6.07 Å². The van der Waals surface area contributed by atoms with Crippen LogP contribution in [0, 0.1) is 17.2 Å². The van der Waals surface area contributed by atoms with Gasteiger partial charge in [-0.1, -0.05) is 18.6 Å². The van der Waals surface area contributed by atoms with Crippen molar-refractivity contribution in [3.63, 3.8) is 0 Å². The Labute approximate surface area is 123 Å². The second-order valence-electron chi connectivity index (χ2n) is 5.16. The van der Waals surface area contributed by atoms with Crippen molar-refractivity contribution in [3.8, 4) is 6.07 Å². The summed E-state index contributed by atoms with van der Waals surface area (Å²) in [6, 6.07) is 7.62. The normalized spacial score (nSPS) is 21.9. The van der Waals surface area contributed by atoms with Crippen LogP contribution in [0.15, 0.2) is 24.3 Å². The average molecular weight is 308 g/mol. The van der Waals surface area contributed by atoms with Gasteiger partial charge in [0.1, 0.15) is 0 Å². The molecule has 0 amide bonds. The number of nitrogens with zero attached hydrogens (tertiary/aromatic N) is 1. The predicted molar refractivity (Wildman–Crippen MR) is 75.9 cm³/mol. The summed E-state index contributed by atoms with van der Waals surface area (Å²) in [6.45, 7) is 0. The third-order valence-electron chi connectivity index (χ3n) is 3.54. The number of carbonyl (C=O) groups is 1. The van der Waals surface area contributed by atoms with Crippen molar-refractivity contribution < 1.29 is 18.3 Å². The Morgan fingerprint density at radius 2 is 2.19 bits per heavy atom. The number of nitriles is 1. The van der Waals surface area contributed by atoms with Crippen LogP contribution < -0.4 is 4.72 Å². The SMILES string of the molecule is N#CC1CCCC1NS(=O)(=O)Cc1cccc(C(=O)O)c1. The quantitative estimate of drug-likeness (QED) is 0.857. The van der Waals surface area contributed by atoms with Crippen molar-refractivity contribution in [1.82, 2.24) is 4.72 Å². The van der Waals surface area contributed by atoms with Crippen LogP contribution in [0.5, 0.6) is 0 Å². The molecule has 2 unspecified atom stereocenters. The highest BCUT2D eigenvalue weighted by atomic mass is 32.2. The Morgan fingerprint density at radius 1 is 1.43 bits per heavy atom. The standard InChI is InChI=1S/C14H16N2O4S/c15-8-12-5-2-6-13(12)16-21(19,20)9-10-3-1-4-11(7-10)14(17)18/h1,3-4,7,12-13,16H,2,5-6,9H2,(H,17,18). The molecule has 0 saturated heterocycles. The lowest BCUT2D eigenvalue weighted by atomic mass is 10.1. The Bertz CT molecular complexity index is 678. The van der Waals surface area contributed by atoms with Crippen LogP contribution in [0.3, 0.4) is 0 Å². The molecule has 0 aliphatic heterocycles. The summed E-state index contributed by atoms with van der Waals surface area (Å²) >= 11 is 0. The van der Waals surface area contributed by atoms with E-state index < -0.39 is 16.0 Å². The molecule has 7 heteroatoms. The average Bonchev–Trinajstić information content (AvgIpc) is 2.84. The van der Waals surface area contributed by atoms with Gasteiger partial charge in [0.05, 0.1) is 23.3 Å². The first-order valence-corrected chi connectivity index (χ1v) is 8.28. The third-order valence-corrected chi connectivity index (χ3v) is 4.92. The summed E-state index contributed by atoms with van der Waals surface area (Å²) in [4.78, 5) is 10.9. The van der Waals surface area contributed by atoms with Crippen LogP contribution in [0.4, 0.5) is 0 Å². The largest absolute Gasteiger partial charge is 0.478 e. The molecule has 1 fully saturated rings. The van der Waals surface area contributed by atoms with Gasteiger partial charge >= 0.3 is 5.97 Å². The number of aromatic carboxylic acids is 1. The molecule has 6 nitrogen and oxygen atoms in total. The maximum atomic E-state index is 12.1. The minimum Gasteiger partial charge on any atom is -0.478 e. The van der Waals surface area contributed by atoms with Gasteiger partial charge in [0.15, 0.2) is 0 Å². The first kappa shape index (κ1) is 15.5. The number of rotatable bonds is 5. The number of hydrogen-bond acceptors (Lipinski definition) is 4. The Balaban J connectivity index is 2.09. The molecular weight excluding hydrogens is 292 g/mol. The topological polar surface area (TPSA) is 107 Å². The first-order valence-electron chi connectivity index (χ1n) is 6.63. The van der Waals surface area contributed by atoms with Crippen molar-refractivity contribution in [2.75, 3.05) is 0 Å². The number of sulfonamides is 1. The Hall–Kier alpha value is -1.91. The van der Waals surface area contributed by atoms with Crippen molar-refractivity contribution in [3.05, 3.63) is 35.4 Å². The zero-order valence-corrected chi connectivity index (χ0v) is 12.1.